The Labute approximate surface area is 331 Å². The number of hydrogen-bond donors (Lipinski definition) is 2. The van der Waals surface area contributed by atoms with Gasteiger partial charge in [0.25, 0.3) is 0 Å². The summed E-state index contributed by atoms with van der Waals surface area (Å²) >= 11 is 0. The molecule has 56 heavy (non-hydrogen) atoms. The van der Waals surface area contributed by atoms with Gasteiger partial charge in [0.1, 0.15) is 53.6 Å². The topological polar surface area (TPSA) is 178 Å². The van der Waals surface area contributed by atoms with E-state index in [0.29, 0.717) is 25.7 Å². The number of esters is 2. The van der Waals surface area contributed by atoms with Gasteiger partial charge in [-0.05, 0) is 83.5 Å². The Hall–Kier alpha value is -1.75. The predicted octanol–water partition coefficient (Wildman–Crippen LogP) is 4.02. The van der Waals surface area contributed by atoms with Crippen molar-refractivity contribution < 1.29 is 67.2 Å². The van der Waals surface area contributed by atoms with E-state index in [9.17, 15) is 24.6 Å². The lowest BCUT2D eigenvalue weighted by Crippen LogP contribution is -2.70. The molecule has 7 fully saturated rings. The van der Waals surface area contributed by atoms with Crippen molar-refractivity contribution in [1.82, 2.24) is 0 Å². The lowest BCUT2D eigenvalue weighted by molar-refractivity contribution is -0.343. The molecule has 7 rings (SSSR count). The lowest BCUT2D eigenvalue weighted by Gasteiger charge is -2.61. The summed E-state index contributed by atoms with van der Waals surface area (Å²) in [5.41, 5.74) is -2.43. The highest BCUT2D eigenvalue weighted by atomic mass is 16.7. The van der Waals surface area contributed by atoms with E-state index in [4.69, 9.17) is 42.6 Å². The van der Waals surface area contributed by atoms with Crippen LogP contribution in [0.15, 0.2) is 0 Å². The van der Waals surface area contributed by atoms with Gasteiger partial charge in [-0.25, -0.2) is 0 Å². The van der Waals surface area contributed by atoms with E-state index in [1.165, 1.54) is 14.0 Å². The van der Waals surface area contributed by atoms with Crippen LogP contribution < -0.4 is 0 Å². The molecule has 0 bridgehead atoms. The predicted molar refractivity (Wildman–Crippen MR) is 198 cm³/mol. The Morgan fingerprint density at radius 1 is 0.839 bits per heavy atom. The van der Waals surface area contributed by atoms with Crippen molar-refractivity contribution in [3.63, 3.8) is 0 Å². The number of epoxide rings is 1. The Morgan fingerprint density at radius 2 is 1.57 bits per heavy atom. The molecule has 0 amide bonds. The van der Waals surface area contributed by atoms with Crippen molar-refractivity contribution in [2.24, 2.45) is 34.5 Å². The Balaban J connectivity index is 1.10. The highest BCUT2D eigenvalue weighted by Gasteiger charge is 2.91. The second-order valence-corrected chi connectivity index (χ2v) is 18.6. The third-order valence-corrected chi connectivity index (χ3v) is 15.8. The number of methoxy groups -OCH3 is 2. The van der Waals surface area contributed by atoms with Gasteiger partial charge in [0.05, 0.1) is 30.3 Å². The molecule has 0 aromatic rings. The fourth-order valence-electron chi connectivity index (χ4n) is 12.7. The molecule has 318 valence electrons. The zero-order chi connectivity index (χ0) is 40.7. The average Bonchev–Trinajstić information content (AvgIpc) is 3.70. The summed E-state index contributed by atoms with van der Waals surface area (Å²) in [5.74, 6) is -1.53. The maximum absolute atomic E-state index is 13.7. The van der Waals surface area contributed by atoms with Crippen LogP contribution in [0.4, 0.5) is 0 Å². The van der Waals surface area contributed by atoms with Crippen LogP contribution in [0.25, 0.3) is 0 Å². The van der Waals surface area contributed by atoms with Gasteiger partial charge in [-0.3, -0.25) is 14.4 Å². The fraction of sp³-hybridized carbons (Fsp3) is 0.929. The zero-order valence-electron chi connectivity index (χ0n) is 34.9. The second kappa shape index (κ2) is 15.4. The van der Waals surface area contributed by atoms with Gasteiger partial charge in [0.15, 0.2) is 12.6 Å². The van der Waals surface area contributed by atoms with Crippen molar-refractivity contribution in [3.05, 3.63) is 0 Å². The van der Waals surface area contributed by atoms with Crippen molar-refractivity contribution in [2.75, 3.05) is 14.2 Å². The van der Waals surface area contributed by atoms with Crippen LogP contribution in [0, 0.1) is 34.5 Å². The largest absolute Gasteiger partial charge is 0.458 e. The number of aliphatic hydroxyl groups excluding tert-OH is 2. The minimum atomic E-state index is -1.21. The van der Waals surface area contributed by atoms with Gasteiger partial charge in [-0.15, -0.1) is 0 Å². The molecule has 14 heteroatoms. The van der Waals surface area contributed by atoms with Crippen LogP contribution >= 0.6 is 0 Å². The maximum Gasteiger partial charge on any atom is 0.309 e. The zero-order valence-corrected chi connectivity index (χ0v) is 34.9. The highest BCUT2D eigenvalue weighted by Crippen LogP contribution is 2.81. The number of ketones is 1. The minimum Gasteiger partial charge on any atom is -0.458 e. The molecule has 4 saturated carbocycles. The van der Waals surface area contributed by atoms with Crippen LogP contribution in [0.1, 0.15) is 113 Å². The maximum atomic E-state index is 13.7. The molecule has 14 nitrogen and oxygen atoms in total. The number of carbonyl (C=O) groups excluding carboxylic acids is 3. The first kappa shape index (κ1) is 42.4. The summed E-state index contributed by atoms with van der Waals surface area (Å²) in [6.07, 6.45) is -2.23. The van der Waals surface area contributed by atoms with Crippen LogP contribution in [0.5, 0.6) is 0 Å². The third-order valence-electron chi connectivity index (χ3n) is 15.8. The van der Waals surface area contributed by atoms with E-state index in [2.05, 4.69) is 6.92 Å². The van der Waals surface area contributed by atoms with Gasteiger partial charge in [0.2, 0.25) is 0 Å². The first-order valence-corrected chi connectivity index (χ1v) is 21.0. The van der Waals surface area contributed by atoms with Gasteiger partial charge in [-0.1, -0.05) is 27.7 Å². The highest BCUT2D eigenvalue weighted by molar-refractivity contribution is 5.81. The summed E-state index contributed by atoms with van der Waals surface area (Å²) in [5, 5.41) is 21.3. The van der Waals surface area contributed by atoms with Crippen LogP contribution in [-0.2, 0) is 57.0 Å². The van der Waals surface area contributed by atoms with E-state index in [1.807, 2.05) is 27.7 Å². The van der Waals surface area contributed by atoms with Crippen molar-refractivity contribution in [2.45, 2.75) is 198 Å². The summed E-state index contributed by atoms with van der Waals surface area (Å²) < 4.78 is 56.5. The minimum absolute atomic E-state index is 0.0390. The normalized spacial score (nSPS) is 51.4. The summed E-state index contributed by atoms with van der Waals surface area (Å²) in [6, 6.07) is 0. The number of ether oxygens (including phenoxy) is 9. The smallest absolute Gasteiger partial charge is 0.309 e. The van der Waals surface area contributed by atoms with Gasteiger partial charge >= 0.3 is 11.9 Å². The van der Waals surface area contributed by atoms with Gasteiger partial charge < -0.3 is 52.8 Å². The lowest BCUT2D eigenvalue weighted by atomic mass is 9.43. The monoisotopic (exact) mass is 794 g/mol. The number of Topliss-reactive ketones (excluding diaryl/α,β-unsaturated/α-hetero) is 1. The molecule has 3 saturated heterocycles. The number of rotatable bonds is 11. The first-order chi connectivity index (χ1) is 26.4. The van der Waals surface area contributed by atoms with E-state index in [-0.39, 0.29) is 46.9 Å². The quantitative estimate of drug-likeness (QED) is 0.174. The molecule has 20 atom stereocenters. The summed E-state index contributed by atoms with van der Waals surface area (Å²) in [4.78, 5) is 39.9. The van der Waals surface area contributed by atoms with Gasteiger partial charge in [-0.2, -0.15) is 0 Å². The van der Waals surface area contributed by atoms with Crippen LogP contribution in [0.2, 0.25) is 0 Å². The number of fused-ring (bicyclic) bond motifs is 2. The molecule has 2 N–H and O–H groups in total. The van der Waals surface area contributed by atoms with E-state index < -0.39 is 90.1 Å². The van der Waals surface area contributed by atoms with Gasteiger partial charge in [0, 0.05) is 44.8 Å². The Bertz CT molecular complexity index is 1490. The molecular formula is C42H66O14. The summed E-state index contributed by atoms with van der Waals surface area (Å²) in [6.45, 7) is 14.7. The first-order valence-electron chi connectivity index (χ1n) is 21.0. The Kier molecular flexibility index (Phi) is 11.6. The molecular weight excluding hydrogens is 728 g/mol. The number of carbonyl (C=O) groups is 3. The molecule has 2 spiro atoms. The molecule has 0 aromatic heterocycles. The Morgan fingerprint density at radius 3 is 2.21 bits per heavy atom. The molecule has 7 aliphatic rings. The molecule has 2 unspecified atom stereocenters. The van der Waals surface area contributed by atoms with Crippen molar-refractivity contribution >= 4 is 17.7 Å². The number of hydrogen-bond acceptors (Lipinski definition) is 14. The van der Waals surface area contributed by atoms with Crippen molar-refractivity contribution in [3.8, 4) is 0 Å². The average molecular weight is 795 g/mol. The molecule has 4 aliphatic carbocycles. The van der Waals surface area contributed by atoms with Crippen molar-refractivity contribution in [1.29, 1.82) is 0 Å². The standard InChI is InChI=1S/C42H66O14/c1-11-20(2)37(47)54-34-35-39(7)15-13-26(53-29-19-28(48-9)32(23(5)50-29)55-38-31(46)33(49-10)30(45)22(4)51-38)18-25(39)12-16-41(35)42(56-41)17-14-27(21(3)43)40(42,8)36(34)52-24(6)44/h20,22-23,25-36,38,45-46H,11-19H2,1-10H3/t20?,22-,23-,25+,26+,27+,28-,29-,30-,31-,32-,33-,34+,35-,36-,38+,39+,40+,41?,42-/m1/s1. The third kappa shape index (κ3) is 6.42. The molecule has 3 aliphatic heterocycles. The van der Waals surface area contributed by atoms with E-state index in [1.54, 1.807) is 21.0 Å². The molecule has 0 radical (unpaired) electrons. The fourth-order valence-corrected chi connectivity index (χ4v) is 12.7. The molecule has 0 aromatic carbocycles. The summed E-state index contributed by atoms with van der Waals surface area (Å²) in [7, 11) is 3.04. The van der Waals surface area contributed by atoms with E-state index in [0.717, 1.165) is 32.1 Å². The van der Waals surface area contributed by atoms with E-state index >= 15 is 0 Å². The number of aliphatic hydroxyl groups is 2. The second-order valence-electron chi connectivity index (χ2n) is 18.6. The van der Waals surface area contributed by atoms with Crippen LogP contribution in [0.3, 0.4) is 0 Å². The SMILES string of the molecule is CCC(C)C(=O)O[C@@H]1[C@@H](OC(C)=O)[C@]2(C)[C@H](C(C)=O)CC[C@@]23OC32CC[C@H]3C[C@@H](O[C@@H]4C[C@@H](OC)[C@H](O[C@@H]5O[C@H](C)[C@@H](O)[C@@H](OC)[C@H]5O)[C@@H](C)O4)CC[C@]3(C)[C@@H]12. The van der Waals surface area contributed by atoms with Crippen LogP contribution in [-0.4, -0.2) is 127 Å². The molecule has 3 heterocycles.